The molecule has 10 heteroatoms. The highest BCUT2D eigenvalue weighted by molar-refractivity contribution is 9.10. The van der Waals surface area contributed by atoms with Gasteiger partial charge in [-0.3, -0.25) is 19.3 Å². The Morgan fingerprint density at radius 2 is 1.83 bits per heavy atom. The van der Waals surface area contributed by atoms with Gasteiger partial charge in [0.2, 0.25) is 5.91 Å². The van der Waals surface area contributed by atoms with Crippen molar-refractivity contribution in [2.45, 2.75) is 6.61 Å². The van der Waals surface area contributed by atoms with E-state index >= 15 is 0 Å². The van der Waals surface area contributed by atoms with E-state index in [0.29, 0.717) is 34.4 Å². The number of thioether (sulfide) groups is 1. The van der Waals surface area contributed by atoms with Crippen LogP contribution >= 0.6 is 39.3 Å². The maximum absolute atomic E-state index is 12.8. The molecule has 0 aromatic heterocycles. The third-order valence-corrected chi connectivity index (χ3v) is 6.88. The zero-order chi connectivity index (χ0) is 25.7. The van der Waals surface area contributed by atoms with Crippen molar-refractivity contribution < 1.29 is 23.9 Å². The molecule has 1 N–H and O–H groups in total. The Balaban J connectivity index is 1.43. The van der Waals surface area contributed by atoms with E-state index in [9.17, 15) is 14.4 Å². The van der Waals surface area contributed by atoms with Crippen molar-refractivity contribution in [2.24, 2.45) is 0 Å². The molecule has 1 fully saturated rings. The van der Waals surface area contributed by atoms with Gasteiger partial charge in [0.25, 0.3) is 11.1 Å². The lowest BCUT2D eigenvalue weighted by molar-refractivity contribution is -0.127. The van der Waals surface area contributed by atoms with E-state index in [1.807, 2.05) is 24.3 Å². The van der Waals surface area contributed by atoms with E-state index in [2.05, 4.69) is 21.2 Å². The molecule has 3 amide bonds. The van der Waals surface area contributed by atoms with E-state index in [1.165, 1.54) is 7.11 Å². The number of halogens is 2. The second-order valence-electron chi connectivity index (χ2n) is 7.62. The summed E-state index contributed by atoms with van der Waals surface area (Å²) in [5, 5.41) is 2.45. The number of ether oxygens (including phenoxy) is 2. The highest BCUT2D eigenvalue weighted by Crippen LogP contribution is 2.35. The number of benzene rings is 3. The number of hydrogen-bond donors (Lipinski definition) is 1. The second kappa shape index (κ2) is 11.6. The molecule has 0 unspecified atom stereocenters. The van der Waals surface area contributed by atoms with Gasteiger partial charge in [-0.15, -0.1) is 0 Å². The Hall–Kier alpha value is -3.27. The summed E-state index contributed by atoms with van der Waals surface area (Å²) in [6, 6.07) is 19.7. The SMILES string of the molecule is COc1cc(/C=C2/SC(=O)N(CC(=O)Nc3ccccc3Cl)C2=O)ccc1OCc1ccc(Br)cc1. The highest BCUT2D eigenvalue weighted by atomic mass is 79.9. The first kappa shape index (κ1) is 25.8. The van der Waals surface area contributed by atoms with Crippen LogP contribution in [0.4, 0.5) is 10.5 Å². The number of imide groups is 1. The Kier molecular flexibility index (Phi) is 8.35. The van der Waals surface area contributed by atoms with Crippen molar-refractivity contribution in [1.29, 1.82) is 0 Å². The first-order valence-corrected chi connectivity index (χ1v) is 12.7. The highest BCUT2D eigenvalue weighted by Gasteiger charge is 2.36. The minimum atomic E-state index is -0.547. The summed E-state index contributed by atoms with van der Waals surface area (Å²) in [7, 11) is 1.52. The molecule has 0 radical (unpaired) electrons. The molecule has 0 spiro atoms. The van der Waals surface area contributed by atoms with Crippen molar-refractivity contribution in [1.82, 2.24) is 4.90 Å². The molecule has 1 aliphatic rings. The summed E-state index contributed by atoms with van der Waals surface area (Å²) in [4.78, 5) is 38.8. The first-order valence-electron chi connectivity index (χ1n) is 10.7. The molecule has 4 rings (SSSR count). The van der Waals surface area contributed by atoms with E-state index in [4.69, 9.17) is 21.1 Å². The number of methoxy groups -OCH3 is 1. The summed E-state index contributed by atoms with van der Waals surface area (Å²) in [6.07, 6.45) is 1.58. The number of amides is 3. The molecule has 1 heterocycles. The van der Waals surface area contributed by atoms with Crippen molar-refractivity contribution in [2.75, 3.05) is 19.0 Å². The average molecular weight is 588 g/mol. The fraction of sp³-hybridized carbons (Fsp3) is 0.115. The normalized spacial score (nSPS) is 14.3. The Labute approximate surface area is 225 Å². The van der Waals surface area contributed by atoms with Crippen LogP contribution in [-0.2, 0) is 16.2 Å². The van der Waals surface area contributed by atoms with Gasteiger partial charge in [0, 0.05) is 4.47 Å². The Morgan fingerprint density at radius 1 is 1.08 bits per heavy atom. The third kappa shape index (κ3) is 6.29. The monoisotopic (exact) mass is 586 g/mol. The van der Waals surface area contributed by atoms with Gasteiger partial charge in [0.05, 0.1) is 22.7 Å². The molecule has 36 heavy (non-hydrogen) atoms. The Morgan fingerprint density at radius 3 is 2.56 bits per heavy atom. The molecule has 0 bridgehead atoms. The molecule has 1 aliphatic heterocycles. The number of carbonyl (C=O) groups is 3. The summed E-state index contributed by atoms with van der Waals surface area (Å²) in [5.41, 5.74) is 2.05. The van der Waals surface area contributed by atoms with Crippen LogP contribution in [0.15, 0.2) is 76.1 Å². The van der Waals surface area contributed by atoms with E-state index < -0.39 is 23.6 Å². The number of hydrogen-bond acceptors (Lipinski definition) is 6. The summed E-state index contributed by atoms with van der Waals surface area (Å²) in [6.45, 7) is -0.0580. The molecule has 0 saturated carbocycles. The van der Waals surface area contributed by atoms with Crippen molar-refractivity contribution in [3.05, 3.63) is 92.3 Å². The van der Waals surface area contributed by atoms with Crippen LogP contribution in [0.1, 0.15) is 11.1 Å². The molecule has 184 valence electrons. The molecule has 0 atom stereocenters. The van der Waals surface area contributed by atoms with Crippen LogP contribution in [-0.4, -0.2) is 35.6 Å². The summed E-state index contributed by atoms with van der Waals surface area (Å²) >= 11 is 10.2. The first-order chi connectivity index (χ1) is 17.3. The third-order valence-electron chi connectivity index (χ3n) is 5.12. The molecule has 3 aromatic carbocycles. The van der Waals surface area contributed by atoms with Crippen molar-refractivity contribution in [3.8, 4) is 11.5 Å². The van der Waals surface area contributed by atoms with E-state index in [1.54, 1.807) is 48.5 Å². The lowest BCUT2D eigenvalue weighted by atomic mass is 10.1. The lowest BCUT2D eigenvalue weighted by Crippen LogP contribution is -2.36. The van der Waals surface area contributed by atoms with Crippen LogP contribution in [0.3, 0.4) is 0 Å². The van der Waals surface area contributed by atoms with Gasteiger partial charge in [-0.1, -0.05) is 57.9 Å². The van der Waals surface area contributed by atoms with Gasteiger partial charge in [0.1, 0.15) is 13.2 Å². The largest absolute Gasteiger partial charge is 0.493 e. The standard InChI is InChI=1S/C26H20BrClN2O5S/c1-34-22-12-17(8-11-21(22)35-15-16-6-9-18(27)10-7-16)13-23-25(32)30(26(33)36-23)14-24(31)29-20-5-3-2-4-19(20)28/h2-13H,14-15H2,1H3,(H,29,31)/b23-13+. The molecular formula is C26H20BrClN2O5S. The molecule has 3 aromatic rings. The predicted octanol–water partition coefficient (Wildman–Crippen LogP) is 6.37. The van der Waals surface area contributed by atoms with Crippen LogP contribution in [0.2, 0.25) is 5.02 Å². The average Bonchev–Trinajstić information content (AvgIpc) is 3.12. The smallest absolute Gasteiger partial charge is 0.294 e. The van der Waals surface area contributed by atoms with Crippen molar-refractivity contribution in [3.63, 3.8) is 0 Å². The fourth-order valence-corrected chi connectivity index (χ4v) is 4.60. The number of anilines is 1. The summed E-state index contributed by atoms with van der Waals surface area (Å²) in [5.74, 6) is -0.0458. The number of nitrogens with one attached hydrogen (secondary N) is 1. The molecule has 1 saturated heterocycles. The lowest BCUT2D eigenvalue weighted by Gasteiger charge is -2.13. The van der Waals surface area contributed by atoms with Gasteiger partial charge in [-0.2, -0.15) is 0 Å². The van der Waals surface area contributed by atoms with Crippen molar-refractivity contribution >= 4 is 68.1 Å². The zero-order valence-corrected chi connectivity index (χ0v) is 22.2. The number of carbonyl (C=O) groups excluding carboxylic acids is 3. The van der Waals surface area contributed by atoms with Gasteiger partial charge < -0.3 is 14.8 Å². The van der Waals surface area contributed by atoms with Gasteiger partial charge in [0.15, 0.2) is 11.5 Å². The predicted molar refractivity (Wildman–Crippen MR) is 144 cm³/mol. The molecular weight excluding hydrogens is 568 g/mol. The van der Waals surface area contributed by atoms with E-state index in [0.717, 1.165) is 26.7 Å². The summed E-state index contributed by atoms with van der Waals surface area (Å²) < 4.78 is 12.3. The maximum Gasteiger partial charge on any atom is 0.294 e. The van der Waals surface area contributed by atoms with E-state index in [-0.39, 0.29) is 4.91 Å². The second-order valence-corrected chi connectivity index (χ2v) is 9.94. The molecule has 0 aliphatic carbocycles. The fourth-order valence-electron chi connectivity index (χ4n) is 3.32. The number of para-hydroxylation sites is 1. The van der Waals surface area contributed by atoms with Gasteiger partial charge >= 0.3 is 0 Å². The van der Waals surface area contributed by atoms with Crippen LogP contribution in [0.5, 0.6) is 11.5 Å². The quantitative estimate of drug-likeness (QED) is 0.309. The van der Waals surface area contributed by atoms with Crippen LogP contribution in [0.25, 0.3) is 6.08 Å². The molecule has 7 nitrogen and oxygen atoms in total. The van der Waals surface area contributed by atoms with Gasteiger partial charge in [-0.25, -0.2) is 0 Å². The number of rotatable bonds is 8. The number of nitrogens with zero attached hydrogens (tertiary/aromatic N) is 1. The maximum atomic E-state index is 12.8. The van der Waals surface area contributed by atoms with Gasteiger partial charge in [-0.05, 0) is 65.4 Å². The minimum Gasteiger partial charge on any atom is -0.493 e. The van der Waals surface area contributed by atoms with Crippen LogP contribution < -0.4 is 14.8 Å². The van der Waals surface area contributed by atoms with Crippen LogP contribution in [0, 0.1) is 0 Å². The minimum absolute atomic E-state index is 0.205. The zero-order valence-electron chi connectivity index (χ0n) is 19.0. The topological polar surface area (TPSA) is 84.9 Å². The Bertz CT molecular complexity index is 1350.